The van der Waals surface area contributed by atoms with Gasteiger partial charge >= 0.3 is 0 Å². The SMILES string of the molecule is O=C(Cc1cncs1)N1CCCN(CC(=O)N2CCCC2)CC1. The monoisotopic (exact) mass is 336 g/mol. The molecule has 0 atom stereocenters. The van der Waals surface area contributed by atoms with Gasteiger partial charge in [0.1, 0.15) is 0 Å². The number of likely N-dealkylation sites (tertiary alicyclic amines) is 1. The minimum atomic E-state index is 0.168. The van der Waals surface area contributed by atoms with Crippen molar-refractivity contribution in [1.82, 2.24) is 19.7 Å². The van der Waals surface area contributed by atoms with Crippen molar-refractivity contribution in [2.75, 3.05) is 45.8 Å². The van der Waals surface area contributed by atoms with Crippen LogP contribution < -0.4 is 0 Å². The Balaban J connectivity index is 1.46. The quantitative estimate of drug-likeness (QED) is 0.818. The molecule has 3 rings (SSSR count). The summed E-state index contributed by atoms with van der Waals surface area (Å²) in [4.78, 5) is 35.7. The summed E-state index contributed by atoms with van der Waals surface area (Å²) in [6.45, 7) is 5.49. The highest BCUT2D eigenvalue weighted by molar-refractivity contribution is 7.09. The molecule has 2 saturated heterocycles. The smallest absolute Gasteiger partial charge is 0.236 e. The second-order valence-corrected chi connectivity index (χ2v) is 7.21. The molecule has 0 aliphatic carbocycles. The summed E-state index contributed by atoms with van der Waals surface area (Å²) in [7, 11) is 0. The van der Waals surface area contributed by atoms with Gasteiger partial charge in [-0.2, -0.15) is 0 Å². The molecule has 0 bridgehead atoms. The van der Waals surface area contributed by atoms with E-state index in [9.17, 15) is 9.59 Å². The summed E-state index contributed by atoms with van der Waals surface area (Å²) in [5.41, 5.74) is 1.76. The van der Waals surface area contributed by atoms with Crippen molar-refractivity contribution in [3.05, 3.63) is 16.6 Å². The molecule has 23 heavy (non-hydrogen) atoms. The van der Waals surface area contributed by atoms with E-state index in [1.165, 1.54) is 11.3 Å². The van der Waals surface area contributed by atoms with Crippen LogP contribution in [0.3, 0.4) is 0 Å². The Bertz CT molecular complexity index is 528. The first-order valence-corrected chi connectivity index (χ1v) is 9.25. The number of carbonyl (C=O) groups is 2. The first kappa shape index (κ1) is 16.4. The topological polar surface area (TPSA) is 56.8 Å². The van der Waals surface area contributed by atoms with Crippen LogP contribution in [0.25, 0.3) is 0 Å². The standard InChI is InChI=1S/C16H24N4O2S/c21-15(10-14-11-17-13-23-14)20-7-3-4-18(8-9-20)12-16(22)19-5-1-2-6-19/h11,13H,1-10,12H2. The van der Waals surface area contributed by atoms with Crippen LogP contribution in [-0.4, -0.2) is 77.3 Å². The normalized spacial score (nSPS) is 19.8. The van der Waals surface area contributed by atoms with Crippen molar-refractivity contribution in [1.29, 1.82) is 0 Å². The Morgan fingerprint density at radius 1 is 0.957 bits per heavy atom. The Labute approximate surface area is 141 Å². The minimum absolute atomic E-state index is 0.168. The molecule has 1 aromatic rings. The molecule has 0 unspecified atom stereocenters. The van der Waals surface area contributed by atoms with E-state index in [0.717, 1.165) is 56.9 Å². The molecule has 2 aliphatic rings. The molecule has 0 N–H and O–H groups in total. The van der Waals surface area contributed by atoms with Gasteiger partial charge < -0.3 is 9.80 Å². The van der Waals surface area contributed by atoms with E-state index in [0.29, 0.717) is 19.5 Å². The van der Waals surface area contributed by atoms with Crippen molar-refractivity contribution in [2.45, 2.75) is 25.7 Å². The molecule has 0 saturated carbocycles. The Hall–Kier alpha value is -1.47. The van der Waals surface area contributed by atoms with Crippen LogP contribution in [0.5, 0.6) is 0 Å². The van der Waals surface area contributed by atoms with Crippen molar-refractivity contribution in [2.24, 2.45) is 0 Å². The second-order valence-electron chi connectivity index (χ2n) is 6.24. The van der Waals surface area contributed by atoms with Gasteiger partial charge in [-0.25, -0.2) is 0 Å². The number of aromatic nitrogens is 1. The van der Waals surface area contributed by atoms with Gasteiger partial charge in [0, 0.05) is 50.3 Å². The second kappa shape index (κ2) is 7.88. The zero-order valence-electron chi connectivity index (χ0n) is 13.4. The Morgan fingerprint density at radius 3 is 2.43 bits per heavy atom. The molecular weight excluding hydrogens is 312 g/mol. The van der Waals surface area contributed by atoms with Gasteiger partial charge in [-0.1, -0.05) is 0 Å². The lowest BCUT2D eigenvalue weighted by Gasteiger charge is -2.23. The maximum Gasteiger partial charge on any atom is 0.236 e. The predicted octanol–water partition coefficient (Wildman–Crippen LogP) is 0.842. The van der Waals surface area contributed by atoms with Crippen LogP contribution >= 0.6 is 11.3 Å². The van der Waals surface area contributed by atoms with E-state index in [-0.39, 0.29) is 11.8 Å². The van der Waals surface area contributed by atoms with Crippen LogP contribution in [0.1, 0.15) is 24.1 Å². The number of carbonyl (C=O) groups excluding carboxylic acids is 2. The van der Waals surface area contributed by atoms with Gasteiger partial charge in [-0.15, -0.1) is 11.3 Å². The lowest BCUT2D eigenvalue weighted by molar-refractivity contribution is -0.131. The first-order valence-electron chi connectivity index (χ1n) is 8.37. The average molecular weight is 336 g/mol. The summed E-state index contributed by atoms with van der Waals surface area (Å²) in [5, 5.41) is 0. The number of hydrogen-bond acceptors (Lipinski definition) is 5. The first-order chi connectivity index (χ1) is 11.2. The number of nitrogens with zero attached hydrogens (tertiary/aromatic N) is 4. The van der Waals surface area contributed by atoms with E-state index >= 15 is 0 Å². The highest BCUT2D eigenvalue weighted by atomic mass is 32.1. The predicted molar refractivity (Wildman–Crippen MR) is 89.3 cm³/mol. The molecular formula is C16H24N4O2S. The van der Waals surface area contributed by atoms with Gasteiger partial charge in [0.2, 0.25) is 11.8 Å². The molecule has 126 valence electrons. The third-order valence-corrected chi connectivity index (χ3v) is 5.35. The number of hydrogen-bond donors (Lipinski definition) is 0. The number of amides is 2. The largest absolute Gasteiger partial charge is 0.342 e. The molecule has 0 aromatic carbocycles. The molecule has 2 amide bonds. The van der Waals surface area contributed by atoms with Crippen LogP contribution in [0.4, 0.5) is 0 Å². The highest BCUT2D eigenvalue weighted by Crippen LogP contribution is 2.12. The third kappa shape index (κ3) is 4.51. The van der Waals surface area contributed by atoms with E-state index in [1.807, 2.05) is 9.80 Å². The maximum atomic E-state index is 12.4. The summed E-state index contributed by atoms with van der Waals surface area (Å²) < 4.78 is 0. The van der Waals surface area contributed by atoms with E-state index < -0.39 is 0 Å². The summed E-state index contributed by atoms with van der Waals surface area (Å²) >= 11 is 1.52. The molecule has 2 aliphatic heterocycles. The zero-order valence-corrected chi connectivity index (χ0v) is 14.3. The molecule has 2 fully saturated rings. The summed E-state index contributed by atoms with van der Waals surface area (Å²) in [5.74, 6) is 0.411. The third-order valence-electron chi connectivity index (χ3n) is 4.57. The number of thiazole rings is 1. The van der Waals surface area contributed by atoms with Crippen molar-refractivity contribution < 1.29 is 9.59 Å². The number of rotatable bonds is 4. The van der Waals surface area contributed by atoms with E-state index in [2.05, 4.69) is 9.88 Å². The van der Waals surface area contributed by atoms with Crippen LogP contribution in [0.2, 0.25) is 0 Å². The Kier molecular flexibility index (Phi) is 5.61. The Morgan fingerprint density at radius 2 is 1.70 bits per heavy atom. The van der Waals surface area contributed by atoms with Crippen LogP contribution in [-0.2, 0) is 16.0 Å². The van der Waals surface area contributed by atoms with E-state index in [1.54, 1.807) is 11.7 Å². The molecule has 0 spiro atoms. The molecule has 3 heterocycles. The average Bonchev–Trinajstić information content (AvgIpc) is 3.19. The summed E-state index contributed by atoms with van der Waals surface area (Å²) in [6.07, 6.45) is 5.40. The summed E-state index contributed by atoms with van der Waals surface area (Å²) in [6, 6.07) is 0. The lowest BCUT2D eigenvalue weighted by atomic mass is 10.3. The van der Waals surface area contributed by atoms with Crippen LogP contribution in [0, 0.1) is 0 Å². The fourth-order valence-corrected chi connectivity index (χ4v) is 3.81. The van der Waals surface area contributed by atoms with Crippen molar-refractivity contribution >= 4 is 23.2 Å². The van der Waals surface area contributed by atoms with E-state index in [4.69, 9.17) is 0 Å². The van der Waals surface area contributed by atoms with Gasteiger partial charge in [0.05, 0.1) is 18.5 Å². The minimum Gasteiger partial charge on any atom is -0.342 e. The fourth-order valence-electron chi connectivity index (χ4n) is 3.23. The molecule has 7 heteroatoms. The molecule has 6 nitrogen and oxygen atoms in total. The van der Waals surface area contributed by atoms with Crippen molar-refractivity contribution in [3.8, 4) is 0 Å². The van der Waals surface area contributed by atoms with Gasteiger partial charge in [-0.05, 0) is 19.3 Å². The fraction of sp³-hybridized carbons (Fsp3) is 0.688. The van der Waals surface area contributed by atoms with Crippen LogP contribution in [0.15, 0.2) is 11.7 Å². The highest BCUT2D eigenvalue weighted by Gasteiger charge is 2.23. The molecule has 0 radical (unpaired) electrons. The van der Waals surface area contributed by atoms with Gasteiger partial charge in [-0.3, -0.25) is 19.5 Å². The van der Waals surface area contributed by atoms with Gasteiger partial charge in [0.25, 0.3) is 0 Å². The lowest BCUT2D eigenvalue weighted by Crippen LogP contribution is -2.41. The van der Waals surface area contributed by atoms with Gasteiger partial charge in [0.15, 0.2) is 0 Å². The maximum absolute atomic E-state index is 12.4. The zero-order chi connectivity index (χ0) is 16.1. The molecule has 1 aromatic heterocycles. The van der Waals surface area contributed by atoms with Crippen molar-refractivity contribution in [3.63, 3.8) is 0 Å².